The van der Waals surface area contributed by atoms with E-state index in [0.29, 0.717) is 12.0 Å². The number of hydrogen-bond donors (Lipinski definition) is 1. The van der Waals surface area contributed by atoms with Gasteiger partial charge < -0.3 is 4.74 Å². The molecule has 4 rings (SSSR count). The minimum Gasteiger partial charge on any atom is -0.376 e. The highest BCUT2D eigenvalue weighted by Crippen LogP contribution is 2.36. The zero-order valence-electron chi connectivity index (χ0n) is 15.4. The van der Waals surface area contributed by atoms with E-state index in [9.17, 15) is 4.79 Å². The predicted octanol–water partition coefficient (Wildman–Crippen LogP) is 4.08. The Morgan fingerprint density at radius 3 is 2.64 bits per heavy atom. The topological polar surface area (TPSA) is 69.0 Å². The van der Waals surface area contributed by atoms with Crippen molar-refractivity contribution in [3.63, 3.8) is 0 Å². The molecule has 0 unspecified atom stereocenters. The summed E-state index contributed by atoms with van der Waals surface area (Å²) in [4.78, 5) is 20.0. The summed E-state index contributed by atoms with van der Waals surface area (Å²) < 4.78 is 7.52. The monoisotopic (exact) mass is 344 g/mol. The number of imidazole rings is 1. The van der Waals surface area contributed by atoms with E-state index >= 15 is 0 Å². The van der Waals surface area contributed by atoms with Crippen LogP contribution in [0.3, 0.4) is 0 Å². The van der Waals surface area contributed by atoms with E-state index in [2.05, 4.69) is 33.7 Å². The molecule has 2 fully saturated rings. The molecule has 3 heterocycles. The Labute approximate surface area is 149 Å². The molecule has 0 radical (unpaired) electrons. The van der Waals surface area contributed by atoms with Gasteiger partial charge in [-0.1, -0.05) is 0 Å². The average Bonchev–Trinajstić information content (AvgIpc) is 2.84. The molecule has 1 saturated carbocycles. The number of ether oxygens (including phenoxy) is 1. The molecule has 2 aliphatic rings. The number of carbonyl (C=O) groups is 1. The third kappa shape index (κ3) is 4.37. The first kappa shape index (κ1) is 17.9. The number of fused-ring (bicyclic) bond motifs is 1. The fourth-order valence-electron chi connectivity index (χ4n) is 3.24. The first-order chi connectivity index (χ1) is 12.0. The van der Waals surface area contributed by atoms with E-state index in [1.807, 2.05) is 12.1 Å². The van der Waals surface area contributed by atoms with E-state index in [0.717, 1.165) is 30.6 Å². The van der Waals surface area contributed by atoms with Crippen molar-refractivity contribution in [1.29, 1.82) is 0 Å². The number of nitrogens with one attached hydrogen (secondary N) is 1. The van der Waals surface area contributed by atoms with Crippen LogP contribution in [0, 0.1) is 0 Å². The molecule has 6 heteroatoms. The smallest absolute Gasteiger partial charge is 0.223 e. The molecule has 0 atom stereocenters. The van der Waals surface area contributed by atoms with Crippen LogP contribution in [-0.4, -0.2) is 32.7 Å². The summed E-state index contributed by atoms with van der Waals surface area (Å²) in [5.74, 6) is 0.525. The highest BCUT2D eigenvalue weighted by molar-refractivity contribution is 5.89. The van der Waals surface area contributed by atoms with Crippen molar-refractivity contribution in [2.45, 2.75) is 70.9 Å². The fraction of sp³-hybridized carbons (Fsp3) is 0.632. The van der Waals surface area contributed by atoms with Crippen molar-refractivity contribution in [2.75, 3.05) is 11.9 Å². The minimum atomic E-state index is -0.0964. The van der Waals surface area contributed by atoms with Gasteiger partial charge in [-0.2, -0.15) is 0 Å². The lowest BCUT2D eigenvalue weighted by atomic mass is 9.93. The van der Waals surface area contributed by atoms with Gasteiger partial charge in [0.2, 0.25) is 11.9 Å². The number of pyridine rings is 1. The van der Waals surface area contributed by atoms with Gasteiger partial charge in [0.1, 0.15) is 5.52 Å². The molecule has 0 spiro atoms. The molecule has 6 nitrogen and oxygen atoms in total. The van der Waals surface area contributed by atoms with Crippen LogP contribution < -0.4 is 5.32 Å². The lowest BCUT2D eigenvalue weighted by molar-refractivity contribution is -0.114. The van der Waals surface area contributed by atoms with Crippen LogP contribution in [0.1, 0.15) is 65.3 Å². The van der Waals surface area contributed by atoms with Crippen molar-refractivity contribution in [1.82, 2.24) is 14.5 Å². The van der Waals surface area contributed by atoms with Crippen molar-refractivity contribution >= 4 is 23.0 Å². The summed E-state index contributed by atoms with van der Waals surface area (Å²) in [6.07, 6.45) is 9.08. The Morgan fingerprint density at radius 1 is 1.32 bits per heavy atom. The zero-order chi connectivity index (χ0) is 17.9. The molecule has 1 amide bonds. The molecule has 1 aliphatic heterocycles. The van der Waals surface area contributed by atoms with Crippen molar-refractivity contribution < 1.29 is 9.53 Å². The van der Waals surface area contributed by atoms with Gasteiger partial charge in [-0.15, -0.1) is 0 Å². The summed E-state index contributed by atoms with van der Waals surface area (Å²) >= 11 is 0. The van der Waals surface area contributed by atoms with Gasteiger partial charge in [-0.3, -0.25) is 14.7 Å². The second-order valence-electron chi connectivity index (χ2n) is 7.48. The van der Waals surface area contributed by atoms with Gasteiger partial charge >= 0.3 is 0 Å². The molecule has 0 aromatic carbocycles. The van der Waals surface area contributed by atoms with Gasteiger partial charge in [0.15, 0.2) is 5.65 Å². The third-order valence-corrected chi connectivity index (χ3v) is 4.84. The van der Waals surface area contributed by atoms with E-state index < -0.39 is 0 Å². The second-order valence-corrected chi connectivity index (χ2v) is 7.48. The fourth-order valence-corrected chi connectivity index (χ4v) is 3.24. The summed E-state index contributed by atoms with van der Waals surface area (Å²) in [5, 5.41) is 2.78. The zero-order valence-corrected chi connectivity index (χ0v) is 15.4. The summed E-state index contributed by atoms with van der Waals surface area (Å²) in [5.41, 5.74) is 1.88. The normalized spacial score (nSPS) is 19.6. The van der Waals surface area contributed by atoms with E-state index in [1.54, 1.807) is 6.20 Å². The lowest BCUT2D eigenvalue weighted by Crippen LogP contribution is -2.28. The standard InChI is InChI=1S/C12H14N4O.C7H14O/c1-8(17)14-12-15-10-6-3-7-13-11(10)16(12)9-4-2-5-9;1-7(2)5-3-4-6-8-7/h3,6-7,9H,2,4-5H2,1H3,(H,14,15,17);3-6H2,1-2H3. The van der Waals surface area contributed by atoms with Crippen molar-refractivity contribution in [3.8, 4) is 0 Å². The number of nitrogens with zero attached hydrogens (tertiary/aromatic N) is 3. The van der Waals surface area contributed by atoms with Crippen LogP contribution in [0.15, 0.2) is 18.3 Å². The van der Waals surface area contributed by atoms with Crippen LogP contribution in [0.2, 0.25) is 0 Å². The Kier molecular flexibility index (Phi) is 5.37. The van der Waals surface area contributed by atoms with Crippen LogP contribution in [0.25, 0.3) is 11.2 Å². The second kappa shape index (κ2) is 7.52. The molecule has 2 aromatic heterocycles. The average molecular weight is 344 g/mol. The third-order valence-electron chi connectivity index (χ3n) is 4.84. The molecule has 1 N–H and O–H groups in total. The van der Waals surface area contributed by atoms with Gasteiger partial charge in [0, 0.05) is 25.8 Å². The first-order valence-electron chi connectivity index (χ1n) is 9.21. The molecule has 25 heavy (non-hydrogen) atoms. The van der Waals surface area contributed by atoms with E-state index in [-0.39, 0.29) is 11.5 Å². The number of amides is 1. The van der Waals surface area contributed by atoms with Gasteiger partial charge in [0.25, 0.3) is 0 Å². The van der Waals surface area contributed by atoms with Crippen molar-refractivity contribution in [2.24, 2.45) is 0 Å². The Hall–Kier alpha value is -1.95. The highest BCUT2D eigenvalue weighted by Gasteiger charge is 2.25. The number of hydrogen-bond acceptors (Lipinski definition) is 4. The molecule has 1 saturated heterocycles. The largest absolute Gasteiger partial charge is 0.376 e. The Bertz CT molecular complexity index is 726. The number of rotatable bonds is 2. The summed E-state index contributed by atoms with van der Waals surface area (Å²) in [6, 6.07) is 4.21. The molecule has 136 valence electrons. The SMILES string of the molecule is CC(=O)Nc1nc2cccnc2n1C1CCC1.CC1(C)CCCCO1. The maximum atomic E-state index is 11.2. The summed E-state index contributed by atoms with van der Waals surface area (Å²) in [7, 11) is 0. The minimum absolute atomic E-state index is 0.0964. The maximum absolute atomic E-state index is 11.2. The van der Waals surface area contributed by atoms with Gasteiger partial charge in [-0.05, 0) is 64.5 Å². The van der Waals surface area contributed by atoms with E-state index in [4.69, 9.17) is 4.74 Å². The number of anilines is 1. The molecule has 2 aromatic rings. The van der Waals surface area contributed by atoms with Gasteiger partial charge in [-0.25, -0.2) is 9.97 Å². The molecular weight excluding hydrogens is 316 g/mol. The summed E-state index contributed by atoms with van der Waals surface area (Å²) in [6.45, 7) is 6.78. The van der Waals surface area contributed by atoms with Gasteiger partial charge in [0.05, 0.1) is 5.60 Å². The molecular formula is C19H28N4O2. The first-order valence-corrected chi connectivity index (χ1v) is 9.21. The molecule has 1 aliphatic carbocycles. The Morgan fingerprint density at radius 2 is 2.12 bits per heavy atom. The number of aromatic nitrogens is 3. The van der Waals surface area contributed by atoms with Crippen LogP contribution >= 0.6 is 0 Å². The highest BCUT2D eigenvalue weighted by atomic mass is 16.5. The number of carbonyl (C=O) groups excluding carboxylic acids is 1. The maximum Gasteiger partial charge on any atom is 0.223 e. The Balaban J connectivity index is 0.000000192. The van der Waals surface area contributed by atoms with Crippen LogP contribution in [-0.2, 0) is 9.53 Å². The quantitative estimate of drug-likeness (QED) is 0.891. The van der Waals surface area contributed by atoms with E-state index in [1.165, 1.54) is 32.6 Å². The van der Waals surface area contributed by atoms with Crippen molar-refractivity contribution in [3.05, 3.63) is 18.3 Å². The lowest BCUT2D eigenvalue weighted by Gasteiger charge is -2.29. The van der Waals surface area contributed by atoms with Crippen LogP contribution in [0.4, 0.5) is 5.95 Å². The molecule has 0 bridgehead atoms. The van der Waals surface area contributed by atoms with Crippen LogP contribution in [0.5, 0.6) is 0 Å². The predicted molar refractivity (Wildman–Crippen MR) is 98.6 cm³/mol.